The quantitative estimate of drug-likeness (QED) is 0.631. The first-order valence-corrected chi connectivity index (χ1v) is 5.73. The summed E-state index contributed by atoms with van der Waals surface area (Å²) in [5.74, 6) is -0.257. The van der Waals surface area contributed by atoms with Gasteiger partial charge in [0.15, 0.2) is 5.78 Å². The van der Waals surface area contributed by atoms with E-state index < -0.39 is 5.41 Å². The van der Waals surface area contributed by atoms with Crippen molar-refractivity contribution in [2.24, 2.45) is 5.41 Å². The fourth-order valence-electron chi connectivity index (χ4n) is 1.14. The number of allylic oxidation sites excluding steroid dienone is 1. The molecule has 0 aromatic heterocycles. The molecule has 1 aromatic rings. The zero-order valence-electron chi connectivity index (χ0n) is 10.9. The maximum Gasteiger partial charge on any atom is 0.269 e. The maximum atomic E-state index is 11.6. The highest BCUT2D eigenvalue weighted by Gasteiger charge is 2.17. The average molecular weight is 246 g/mol. The zero-order chi connectivity index (χ0) is 13.6. The van der Waals surface area contributed by atoms with E-state index in [1.807, 2.05) is 26.8 Å². The Bertz CT molecular complexity index is 445. The number of carbonyl (C=O) groups excluding carboxylic acids is 2. The highest BCUT2D eigenvalue weighted by atomic mass is 16.2. The molecule has 0 atom stereocenters. The van der Waals surface area contributed by atoms with E-state index in [0.717, 1.165) is 0 Å². The van der Waals surface area contributed by atoms with Crippen molar-refractivity contribution in [3.63, 3.8) is 0 Å². The Balaban J connectivity index is 2.41. The molecule has 0 unspecified atom stereocenters. The molecule has 0 heterocycles. The first-order chi connectivity index (χ1) is 8.41. The third-order valence-corrected chi connectivity index (χ3v) is 2.28. The number of nitrogens with one attached hydrogen (secondary N) is 2. The van der Waals surface area contributed by atoms with Gasteiger partial charge in [0.2, 0.25) is 0 Å². The second-order valence-electron chi connectivity index (χ2n) is 4.91. The van der Waals surface area contributed by atoms with Crippen LogP contribution in [0.25, 0.3) is 0 Å². The van der Waals surface area contributed by atoms with Crippen LogP contribution in [0.5, 0.6) is 0 Å². The van der Waals surface area contributed by atoms with Gasteiger partial charge in [-0.3, -0.25) is 15.0 Å². The van der Waals surface area contributed by atoms with Crippen LogP contribution in [0.3, 0.4) is 0 Å². The Hall–Kier alpha value is -2.10. The number of hydrazine groups is 1. The van der Waals surface area contributed by atoms with Gasteiger partial charge in [-0.1, -0.05) is 39.0 Å². The van der Waals surface area contributed by atoms with Crippen LogP contribution in [0, 0.1) is 5.41 Å². The van der Waals surface area contributed by atoms with Crippen LogP contribution in [0.4, 0.5) is 0 Å². The van der Waals surface area contributed by atoms with Crippen LogP contribution in [0.1, 0.15) is 31.1 Å². The Labute approximate surface area is 107 Å². The summed E-state index contributed by atoms with van der Waals surface area (Å²) in [5, 5.41) is 0. The lowest BCUT2D eigenvalue weighted by molar-refractivity contribution is -0.121. The van der Waals surface area contributed by atoms with Gasteiger partial charge >= 0.3 is 0 Å². The summed E-state index contributed by atoms with van der Waals surface area (Å²) >= 11 is 0. The molecule has 0 spiro atoms. The van der Waals surface area contributed by atoms with Crippen LogP contribution < -0.4 is 10.9 Å². The lowest BCUT2D eigenvalue weighted by atomic mass is 9.91. The Kier molecular flexibility index (Phi) is 4.66. The highest BCUT2D eigenvalue weighted by molar-refractivity contribution is 5.94. The van der Waals surface area contributed by atoms with Gasteiger partial charge in [0.1, 0.15) is 0 Å². The minimum Gasteiger partial charge on any atom is -0.306 e. The van der Waals surface area contributed by atoms with Crippen LogP contribution in [0.2, 0.25) is 0 Å². The van der Waals surface area contributed by atoms with Crippen LogP contribution >= 0.6 is 0 Å². The van der Waals surface area contributed by atoms with Gasteiger partial charge in [0.25, 0.3) is 5.91 Å². The van der Waals surface area contributed by atoms with Crippen molar-refractivity contribution in [3.8, 4) is 0 Å². The third-order valence-electron chi connectivity index (χ3n) is 2.28. The minimum atomic E-state index is -0.415. The number of hydrogen-bond acceptors (Lipinski definition) is 3. The number of benzene rings is 1. The van der Waals surface area contributed by atoms with E-state index in [4.69, 9.17) is 0 Å². The molecule has 2 N–H and O–H groups in total. The van der Waals surface area contributed by atoms with E-state index in [0.29, 0.717) is 5.56 Å². The Morgan fingerprint density at radius 2 is 1.72 bits per heavy atom. The number of carbonyl (C=O) groups is 2. The lowest BCUT2D eigenvalue weighted by Gasteiger charge is -2.13. The molecular formula is C14H18N2O2. The van der Waals surface area contributed by atoms with Crippen molar-refractivity contribution in [2.45, 2.75) is 20.8 Å². The molecule has 0 bridgehead atoms. The van der Waals surface area contributed by atoms with Crippen LogP contribution in [0.15, 0.2) is 42.6 Å². The fourth-order valence-corrected chi connectivity index (χ4v) is 1.14. The van der Waals surface area contributed by atoms with Crippen molar-refractivity contribution in [1.82, 2.24) is 10.9 Å². The topological polar surface area (TPSA) is 58.2 Å². The second kappa shape index (κ2) is 6.00. The molecular weight excluding hydrogens is 228 g/mol. The molecule has 0 aliphatic heterocycles. The normalized spacial score (nSPS) is 11.3. The predicted octanol–water partition coefficient (Wildman–Crippen LogP) is 2.05. The largest absolute Gasteiger partial charge is 0.306 e. The summed E-state index contributed by atoms with van der Waals surface area (Å²) in [5.41, 5.74) is 5.20. The molecule has 1 amide bonds. The number of hydrogen-bond donors (Lipinski definition) is 2. The molecule has 1 rings (SSSR count). The zero-order valence-corrected chi connectivity index (χ0v) is 10.9. The third kappa shape index (κ3) is 4.41. The van der Waals surface area contributed by atoms with Gasteiger partial charge in [0, 0.05) is 17.2 Å². The summed E-state index contributed by atoms with van der Waals surface area (Å²) in [6.45, 7) is 5.51. The van der Waals surface area contributed by atoms with E-state index in [1.165, 1.54) is 12.3 Å². The van der Waals surface area contributed by atoms with Crippen LogP contribution in [-0.4, -0.2) is 11.7 Å². The van der Waals surface area contributed by atoms with E-state index in [2.05, 4.69) is 10.9 Å². The molecule has 0 saturated carbocycles. The smallest absolute Gasteiger partial charge is 0.269 e. The molecule has 1 aromatic carbocycles. The second-order valence-corrected chi connectivity index (χ2v) is 4.91. The van der Waals surface area contributed by atoms with Gasteiger partial charge < -0.3 is 5.43 Å². The summed E-state index contributed by atoms with van der Waals surface area (Å²) in [6.07, 6.45) is 2.83. The number of ketones is 1. The maximum absolute atomic E-state index is 11.6. The van der Waals surface area contributed by atoms with Gasteiger partial charge in [-0.2, -0.15) is 0 Å². The molecule has 4 heteroatoms. The molecule has 4 nitrogen and oxygen atoms in total. The standard InChI is InChI=1S/C14H18N2O2/c1-14(2,3)12(17)9-10-15-16-13(18)11-7-5-4-6-8-11/h4-10,15H,1-3H3,(H,16,18)/b10-9+. The van der Waals surface area contributed by atoms with Crippen molar-refractivity contribution < 1.29 is 9.59 Å². The molecule has 0 aliphatic carbocycles. The van der Waals surface area contributed by atoms with E-state index in [-0.39, 0.29) is 11.7 Å². The van der Waals surface area contributed by atoms with Crippen molar-refractivity contribution >= 4 is 11.7 Å². The molecule has 0 aliphatic rings. The van der Waals surface area contributed by atoms with Crippen LogP contribution in [-0.2, 0) is 4.79 Å². The molecule has 0 radical (unpaired) electrons. The number of amides is 1. The lowest BCUT2D eigenvalue weighted by Crippen LogP contribution is -2.33. The monoisotopic (exact) mass is 246 g/mol. The molecule has 0 saturated heterocycles. The fraction of sp³-hybridized carbons (Fsp3) is 0.286. The Morgan fingerprint density at radius 1 is 1.11 bits per heavy atom. The Morgan fingerprint density at radius 3 is 2.28 bits per heavy atom. The molecule has 0 fully saturated rings. The SMILES string of the molecule is CC(C)(C)C(=O)/C=C/NNC(=O)c1ccccc1. The van der Waals surface area contributed by atoms with Gasteiger partial charge in [-0.15, -0.1) is 0 Å². The summed E-state index contributed by atoms with van der Waals surface area (Å²) in [6, 6.07) is 8.83. The number of rotatable bonds is 4. The van der Waals surface area contributed by atoms with Gasteiger partial charge in [-0.05, 0) is 18.2 Å². The van der Waals surface area contributed by atoms with E-state index in [1.54, 1.807) is 24.3 Å². The van der Waals surface area contributed by atoms with Gasteiger partial charge in [-0.25, -0.2) is 0 Å². The molecule has 18 heavy (non-hydrogen) atoms. The van der Waals surface area contributed by atoms with Crippen molar-refractivity contribution in [1.29, 1.82) is 0 Å². The van der Waals surface area contributed by atoms with Crippen molar-refractivity contribution in [3.05, 3.63) is 48.2 Å². The van der Waals surface area contributed by atoms with E-state index >= 15 is 0 Å². The average Bonchev–Trinajstić information content (AvgIpc) is 2.34. The van der Waals surface area contributed by atoms with E-state index in [9.17, 15) is 9.59 Å². The minimum absolute atomic E-state index is 0.0102. The summed E-state index contributed by atoms with van der Waals surface area (Å²) in [4.78, 5) is 23.1. The molecule has 96 valence electrons. The predicted molar refractivity (Wildman–Crippen MR) is 70.6 cm³/mol. The highest BCUT2D eigenvalue weighted by Crippen LogP contribution is 2.14. The summed E-state index contributed by atoms with van der Waals surface area (Å²) < 4.78 is 0. The van der Waals surface area contributed by atoms with Gasteiger partial charge in [0.05, 0.1) is 0 Å². The summed E-state index contributed by atoms with van der Waals surface area (Å²) in [7, 11) is 0. The first kappa shape index (κ1) is 14.0. The first-order valence-electron chi connectivity index (χ1n) is 5.73. The van der Waals surface area contributed by atoms with Crippen molar-refractivity contribution in [2.75, 3.05) is 0 Å².